The van der Waals surface area contributed by atoms with Gasteiger partial charge in [-0.25, -0.2) is 9.48 Å². The molecule has 0 aliphatic heterocycles. The van der Waals surface area contributed by atoms with Gasteiger partial charge in [0.05, 0.1) is 6.20 Å². The molecule has 1 aromatic heterocycles. The Morgan fingerprint density at radius 3 is 2.95 bits per heavy atom. The van der Waals surface area contributed by atoms with Gasteiger partial charge in [-0.2, -0.15) is 0 Å². The molecule has 1 heterocycles. The highest BCUT2D eigenvalue weighted by atomic mass is 16.4. The first kappa shape index (κ1) is 13.3. The molecule has 0 fully saturated rings. The van der Waals surface area contributed by atoms with Crippen molar-refractivity contribution in [3.8, 4) is 0 Å². The number of rotatable bonds is 5. The van der Waals surface area contributed by atoms with Gasteiger partial charge in [-0.1, -0.05) is 17.4 Å². The average Bonchev–Trinajstić information content (AvgIpc) is 2.86. The van der Waals surface area contributed by atoms with Gasteiger partial charge in [-0.15, -0.1) is 5.10 Å². The Morgan fingerprint density at radius 2 is 2.32 bits per heavy atom. The number of carboxylic acids is 1. The largest absolute Gasteiger partial charge is 0.476 e. The SMILES string of the molecule is O=C(Cn1cc(C(=O)O)nn1)NCC1CC=CCC1. The number of hydrogen-bond donors (Lipinski definition) is 2. The van der Waals surface area contributed by atoms with E-state index in [0.29, 0.717) is 12.5 Å². The molecule has 19 heavy (non-hydrogen) atoms. The highest BCUT2D eigenvalue weighted by Crippen LogP contribution is 2.16. The highest BCUT2D eigenvalue weighted by molar-refractivity contribution is 5.84. The maximum atomic E-state index is 11.7. The molecule has 0 saturated carbocycles. The van der Waals surface area contributed by atoms with E-state index in [9.17, 15) is 9.59 Å². The number of carbonyl (C=O) groups excluding carboxylic acids is 1. The Hall–Kier alpha value is -2.18. The van der Waals surface area contributed by atoms with E-state index in [-0.39, 0.29) is 18.1 Å². The number of allylic oxidation sites excluding steroid dienone is 2. The van der Waals surface area contributed by atoms with E-state index >= 15 is 0 Å². The first-order valence-corrected chi connectivity index (χ1v) is 6.20. The van der Waals surface area contributed by atoms with Gasteiger partial charge >= 0.3 is 5.97 Å². The molecule has 7 heteroatoms. The third-order valence-electron chi connectivity index (χ3n) is 3.03. The number of carboxylic acid groups (broad SMARTS) is 1. The Morgan fingerprint density at radius 1 is 1.47 bits per heavy atom. The van der Waals surface area contributed by atoms with E-state index < -0.39 is 5.97 Å². The lowest BCUT2D eigenvalue weighted by Crippen LogP contribution is -2.32. The van der Waals surface area contributed by atoms with Crippen LogP contribution in [0.2, 0.25) is 0 Å². The van der Waals surface area contributed by atoms with Crippen LogP contribution in [0.4, 0.5) is 0 Å². The summed E-state index contributed by atoms with van der Waals surface area (Å²) in [5.41, 5.74) is -0.162. The summed E-state index contributed by atoms with van der Waals surface area (Å²) in [6, 6.07) is 0. The van der Waals surface area contributed by atoms with Crippen molar-refractivity contribution in [2.75, 3.05) is 6.54 Å². The molecule has 2 N–H and O–H groups in total. The summed E-state index contributed by atoms with van der Waals surface area (Å²) in [5.74, 6) is -0.851. The van der Waals surface area contributed by atoms with E-state index in [2.05, 4.69) is 27.8 Å². The summed E-state index contributed by atoms with van der Waals surface area (Å²) in [6.45, 7) is 0.631. The molecule has 0 radical (unpaired) electrons. The Bertz CT molecular complexity index is 495. The number of amides is 1. The molecule has 102 valence electrons. The van der Waals surface area contributed by atoms with E-state index in [1.54, 1.807) is 0 Å². The summed E-state index contributed by atoms with van der Waals surface area (Å²) in [7, 11) is 0. The minimum Gasteiger partial charge on any atom is -0.476 e. The predicted molar refractivity (Wildman–Crippen MR) is 66.5 cm³/mol. The van der Waals surface area contributed by atoms with E-state index in [0.717, 1.165) is 19.3 Å². The Balaban J connectivity index is 1.77. The molecular formula is C12H16N4O3. The first-order valence-electron chi connectivity index (χ1n) is 6.20. The van der Waals surface area contributed by atoms with E-state index in [1.165, 1.54) is 10.9 Å². The second kappa shape index (κ2) is 6.12. The molecule has 2 rings (SSSR count). The molecule has 1 amide bonds. The van der Waals surface area contributed by atoms with Gasteiger partial charge in [0.1, 0.15) is 6.54 Å². The monoisotopic (exact) mass is 264 g/mol. The maximum Gasteiger partial charge on any atom is 0.358 e. The first-order chi connectivity index (χ1) is 9.15. The zero-order chi connectivity index (χ0) is 13.7. The minimum atomic E-state index is -1.15. The lowest BCUT2D eigenvalue weighted by atomic mass is 9.94. The molecule has 7 nitrogen and oxygen atoms in total. The molecule has 1 atom stereocenters. The number of aromatic carboxylic acids is 1. The highest BCUT2D eigenvalue weighted by Gasteiger charge is 2.13. The van der Waals surface area contributed by atoms with Crippen LogP contribution in [0.1, 0.15) is 29.8 Å². The summed E-state index contributed by atoms with van der Waals surface area (Å²) >= 11 is 0. The number of nitrogens with zero attached hydrogens (tertiary/aromatic N) is 3. The van der Waals surface area contributed by atoms with E-state index in [1.807, 2.05) is 0 Å². The third kappa shape index (κ3) is 3.90. The summed E-state index contributed by atoms with van der Waals surface area (Å²) in [5, 5.41) is 18.5. The van der Waals surface area contributed by atoms with Gasteiger partial charge in [-0.3, -0.25) is 4.79 Å². The maximum absolute atomic E-state index is 11.7. The van der Waals surface area contributed by atoms with Crippen molar-refractivity contribution in [3.63, 3.8) is 0 Å². The molecule has 1 aromatic rings. The second-order valence-electron chi connectivity index (χ2n) is 4.56. The van der Waals surface area contributed by atoms with Crippen molar-refractivity contribution in [1.29, 1.82) is 0 Å². The van der Waals surface area contributed by atoms with Crippen LogP contribution in [-0.2, 0) is 11.3 Å². The van der Waals surface area contributed by atoms with Crippen LogP contribution in [0.3, 0.4) is 0 Å². The van der Waals surface area contributed by atoms with Crippen molar-refractivity contribution in [3.05, 3.63) is 24.0 Å². The minimum absolute atomic E-state index is 0.0111. The number of nitrogens with one attached hydrogen (secondary N) is 1. The smallest absolute Gasteiger partial charge is 0.358 e. The normalized spacial score (nSPS) is 18.2. The molecule has 0 bridgehead atoms. The van der Waals surface area contributed by atoms with Crippen LogP contribution < -0.4 is 5.32 Å². The number of hydrogen-bond acceptors (Lipinski definition) is 4. The molecule has 1 aliphatic rings. The zero-order valence-electron chi connectivity index (χ0n) is 10.5. The standard InChI is InChI=1S/C12H16N4O3/c17-11(13-6-9-4-2-1-3-5-9)8-16-7-10(12(18)19)14-15-16/h1-2,7,9H,3-6,8H2,(H,13,17)(H,18,19). The van der Waals surface area contributed by atoms with Crippen LogP contribution in [0, 0.1) is 5.92 Å². The molecule has 1 aliphatic carbocycles. The Labute approximate surface area is 110 Å². The van der Waals surface area contributed by atoms with Gasteiger partial charge < -0.3 is 10.4 Å². The third-order valence-corrected chi connectivity index (χ3v) is 3.03. The fourth-order valence-electron chi connectivity index (χ4n) is 1.98. The van der Waals surface area contributed by atoms with Crippen molar-refractivity contribution < 1.29 is 14.7 Å². The number of aromatic nitrogens is 3. The van der Waals surface area contributed by atoms with Crippen molar-refractivity contribution in [2.45, 2.75) is 25.8 Å². The summed E-state index contributed by atoms with van der Waals surface area (Å²) in [4.78, 5) is 22.3. The fourth-order valence-corrected chi connectivity index (χ4v) is 1.98. The quantitative estimate of drug-likeness (QED) is 0.752. The summed E-state index contributed by atoms with van der Waals surface area (Å²) in [6.07, 6.45) is 8.67. The number of carbonyl (C=O) groups is 2. The van der Waals surface area contributed by atoms with Gasteiger partial charge in [-0.05, 0) is 25.2 Å². The van der Waals surface area contributed by atoms with Crippen LogP contribution >= 0.6 is 0 Å². The average molecular weight is 264 g/mol. The van der Waals surface area contributed by atoms with Crippen molar-refractivity contribution >= 4 is 11.9 Å². The van der Waals surface area contributed by atoms with Crippen molar-refractivity contribution in [2.24, 2.45) is 5.92 Å². The fraction of sp³-hybridized carbons (Fsp3) is 0.500. The Kier molecular flexibility index (Phi) is 4.27. The lowest BCUT2D eigenvalue weighted by molar-refractivity contribution is -0.122. The molecule has 0 spiro atoms. The molecule has 1 unspecified atom stereocenters. The van der Waals surface area contributed by atoms with E-state index in [4.69, 9.17) is 5.11 Å². The van der Waals surface area contributed by atoms with Crippen molar-refractivity contribution in [1.82, 2.24) is 20.3 Å². The molecular weight excluding hydrogens is 248 g/mol. The lowest BCUT2D eigenvalue weighted by Gasteiger charge is -2.17. The summed E-state index contributed by atoms with van der Waals surface area (Å²) < 4.78 is 1.22. The van der Waals surface area contributed by atoms with Gasteiger partial charge in [0.2, 0.25) is 5.91 Å². The predicted octanol–water partition coefficient (Wildman–Crippen LogP) is 0.449. The van der Waals surface area contributed by atoms with Crippen LogP contribution in [0.25, 0.3) is 0 Å². The zero-order valence-corrected chi connectivity index (χ0v) is 10.5. The van der Waals surface area contributed by atoms with Gasteiger partial charge in [0, 0.05) is 6.54 Å². The second-order valence-corrected chi connectivity index (χ2v) is 4.56. The van der Waals surface area contributed by atoms with Crippen LogP contribution in [0.15, 0.2) is 18.3 Å². The van der Waals surface area contributed by atoms with Gasteiger partial charge in [0.15, 0.2) is 5.69 Å². The molecule has 0 saturated heterocycles. The molecule has 0 aromatic carbocycles. The van der Waals surface area contributed by atoms with Crippen LogP contribution in [-0.4, -0.2) is 38.5 Å². The van der Waals surface area contributed by atoms with Crippen LogP contribution in [0.5, 0.6) is 0 Å². The topological polar surface area (TPSA) is 97.1 Å². The van der Waals surface area contributed by atoms with Gasteiger partial charge in [0.25, 0.3) is 0 Å².